The molecular formula is C11H17N3O2S. The maximum absolute atomic E-state index is 10.8. The summed E-state index contributed by atoms with van der Waals surface area (Å²) in [5.74, 6) is 0.0975. The molecule has 2 N–H and O–H groups in total. The van der Waals surface area contributed by atoms with Crippen LogP contribution in [0.15, 0.2) is 0 Å². The van der Waals surface area contributed by atoms with Gasteiger partial charge in [-0.2, -0.15) is 4.37 Å². The number of aryl methyl sites for hydroxylation is 1. The predicted octanol–water partition coefficient (Wildman–Crippen LogP) is 2.30. The van der Waals surface area contributed by atoms with Crippen molar-refractivity contribution in [2.24, 2.45) is 0 Å². The third-order valence-electron chi connectivity index (χ3n) is 3.11. The Morgan fingerprint density at radius 1 is 1.59 bits per heavy atom. The summed E-state index contributed by atoms with van der Waals surface area (Å²) in [5.41, 5.74) is -0.283. The summed E-state index contributed by atoms with van der Waals surface area (Å²) in [6.07, 6.45) is 4.96. The molecule has 0 radical (unpaired) electrons. The van der Waals surface area contributed by atoms with Crippen LogP contribution in [-0.4, -0.2) is 26.0 Å². The van der Waals surface area contributed by atoms with Crippen molar-refractivity contribution in [2.45, 2.75) is 51.0 Å². The number of hydrogen-bond donors (Lipinski definition) is 2. The number of aliphatic carboxylic acids is 1. The fourth-order valence-corrected chi connectivity index (χ4v) is 2.83. The number of carboxylic acids is 1. The van der Waals surface area contributed by atoms with E-state index in [-0.39, 0.29) is 12.0 Å². The van der Waals surface area contributed by atoms with Crippen LogP contribution in [0.1, 0.15) is 44.9 Å². The molecule has 2 rings (SSSR count). The summed E-state index contributed by atoms with van der Waals surface area (Å²) in [6.45, 7) is 2.09. The number of anilines is 1. The molecule has 1 aromatic heterocycles. The summed E-state index contributed by atoms with van der Waals surface area (Å²) in [5, 5.41) is 12.9. The van der Waals surface area contributed by atoms with Gasteiger partial charge in [0.25, 0.3) is 0 Å². The molecule has 1 aromatic rings. The first-order chi connectivity index (χ1) is 8.13. The van der Waals surface area contributed by atoms with Crippen molar-refractivity contribution < 1.29 is 9.90 Å². The molecule has 1 aliphatic rings. The van der Waals surface area contributed by atoms with Crippen LogP contribution in [0.25, 0.3) is 0 Å². The minimum Gasteiger partial charge on any atom is -0.481 e. The van der Waals surface area contributed by atoms with Crippen LogP contribution in [0, 0.1) is 0 Å². The Kier molecular flexibility index (Phi) is 3.61. The van der Waals surface area contributed by atoms with Crippen molar-refractivity contribution in [3.05, 3.63) is 5.82 Å². The predicted molar refractivity (Wildman–Crippen MR) is 66.4 cm³/mol. The monoisotopic (exact) mass is 255 g/mol. The van der Waals surface area contributed by atoms with Gasteiger partial charge in [0.1, 0.15) is 5.82 Å². The van der Waals surface area contributed by atoms with E-state index in [1.807, 2.05) is 0 Å². The smallest absolute Gasteiger partial charge is 0.305 e. The van der Waals surface area contributed by atoms with E-state index in [1.54, 1.807) is 0 Å². The molecule has 0 unspecified atom stereocenters. The van der Waals surface area contributed by atoms with Crippen LogP contribution in [0.3, 0.4) is 0 Å². The second-order valence-corrected chi connectivity index (χ2v) is 5.35. The largest absolute Gasteiger partial charge is 0.481 e. The highest BCUT2D eigenvalue weighted by Crippen LogP contribution is 2.38. The minimum absolute atomic E-state index is 0.162. The van der Waals surface area contributed by atoms with Gasteiger partial charge in [-0.3, -0.25) is 4.79 Å². The molecule has 0 aromatic carbocycles. The van der Waals surface area contributed by atoms with Crippen molar-refractivity contribution in [1.29, 1.82) is 0 Å². The van der Waals surface area contributed by atoms with E-state index in [0.29, 0.717) is 0 Å². The molecule has 6 heteroatoms. The molecule has 0 atom stereocenters. The summed E-state index contributed by atoms with van der Waals surface area (Å²) in [6, 6.07) is 0. The molecule has 1 saturated carbocycles. The van der Waals surface area contributed by atoms with Crippen LogP contribution in [-0.2, 0) is 11.2 Å². The molecule has 0 saturated heterocycles. The fraction of sp³-hybridized carbons (Fsp3) is 0.727. The Morgan fingerprint density at radius 3 is 2.88 bits per heavy atom. The molecule has 0 amide bonds. The number of carboxylic acid groups (broad SMARTS) is 1. The lowest BCUT2D eigenvalue weighted by Gasteiger charge is -2.41. The van der Waals surface area contributed by atoms with Gasteiger partial charge < -0.3 is 10.4 Å². The first kappa shape index (κ1) is 12.3. The Balaban J connectivity index is 2.00. The first-order valence-electron chi connectivity index (χ1n) is 5.96. The van der Waals surface area contributed by atoms with Crippen LogP contribution in [0.2, 0.25) is 0 Å². The van der Waals surface area contributed by atoms with Crippen molar-refractivity contribution in [3.8, 4) is 0 Å². The number of carbonyl (C=O) groups is 1. The maximum Gasteiger partial charge on any atom is 0.305 e. The molecular weight excluding hydrogens is 238 g/mol. The third kappa shape index (κ3) is 2.94. The van der Waals surface area contributed by atoms with Gasteiger partial charge in [-0.05, 0) is 25.7 Å². The zero-order valence-electron chi connectivity index (χ0n) is 9.90. The van der Waals surface area contributed by atoms with Gasteiger partial charge in [0.05, 0.1) is 12.0 Å². The Hall–Kier alpha value is -1.17. The maximum atomic E-state index is 10.8. The molecule has 0 aliphatic heterocycles. The van der Waals surface area contributed by atoms with Gasteiger partial charge in [0.15, 0.2) is 0 Å². The van der Waals surface area contributed by atoms with E-state index >= 15 is 0 Å². The van der Waals surface area contributed by atoms with Crippen LogP contribution in [0.4, 0.5) is 5.13 Å². The van der Waals surface area contributed by atoms with Gasteiger partial charge in [-0.25, -0.2) is 4.98 Å². The highest BCUT2D eigenvalue weighted by Gasteiger charge is 2.39. The SMILES string of the molecule is CCCc1nsc(NC2(CC(=O)O)CCC2)n1. The lowest BCUT2D eigenvalue weighted by molar-refractivity contribution is -0.138. The van der Waals surface area contributed by atoms with Gasteiger partial charge >= 0.3 is 5.97 Å². The summed E-state index contributed by atoms with van der Waals surface area (Å²) in [7, 11) is 0. The van der Waals surface area contributed by atoms with Crippen molar-refractivity contribution in [3.63, 3.8) is 0 Å². The van der Waals surface area contributed by atoms with Gasteiger partial charge in [0, 0.05) is 18.0 Å². The van der Waals surface area contributed by atoms with E-state index in [0.717, 1.165) is 43.1 Å². The van der Waals surface area contributed by atoms with E-state index in [1.165, 1.54) is 11.5 Å². The topological polar surface area (TPSA) is 75.1 Å². The van der Waals surface area contributed by atoms with Gasteiger partial charge in [-0.1, -0.05) is 6.92 Å². The molecule has 94 valence electrons. The molecule has 0 bridgehead atoms. The molecule has 17 heavy (non-hydrogen) atoms. The van der Waals surface area contributed by atoms with Crippen molar-refractivity contribution in [1.82, 2.24) is 9.36 Å². The normalized spacial score (nSPS) is 17.5. The molecule has 5 nitrogen and oxygen atoms in total. The summed E-state index contributed by atoms with van der Waals surface area (Å²) < 4.78 is 4.25. The molecule has 1 fully saturated rings. The average molecular weight is 255 g/mol. The fourth-order valence-electron chi connectivity index (χ4n) is 2.10. The lowest BCUT2D eigenvalue weighted by Crippen LogP contribution is -2.46. The van der Waals surface area contributed by atoms with E-state index < -0.39 is 5.97 Å². The lowest BCUT2D eigenvalue weighted by atomic mass is 9.74. The summed E-state index contributed by atoms with van der Waals surface area (Å²) in [4.78, 5) is 15.2. The zero-order valence-corrected chi connectivity index (χ0v) is 10.7. The highest BCUT2D eigenvalue weighted by molar-refractivity contribution is 7.09. The number of nitrogens with zero attached hydrogens (tertiary/aromatic N) is 2. The standard InChI is InChI=1S/C11H17N3O2S/c1-2-4-8-12-10(17-14-8)13-11(5-3-6-11)7-9(15)16/h2-7H2,1H3,(H,15,16)(H,12,13,14). The number of nitrogens with one attached hydrogen (secondary N) is 1. The Bertz CT molecular complexity index is 401. The first-order valence-corrected chi connectivity index (χ1v) is 6.73. The van der Waals surface area contributed by atoms with Gasteiger partial charge in [-0.15, -0.1) is 0 Å². The molecule has 1 heterocycles. The quantitative estimate of drug-likeness (QED) is 0.815. The second kappa shape index (κ2) is 5.00. The second-order valence-electron chi connectivity index (χ2n) is 4.60. The number of hydrogen-bond acceptors (Lipinski definition) is 5. The zero-order chi connectivity index (χ0) is 12.3. The third-order valence-corrected chi connectivity index (χ3v) is 3.78. The van der Waals surface area contributed by atoms with Crippen LogP contribution in [0.5, 0.6) is 0 Å². The van der Waals surface area contributed by atoms with Crippen LogP contribution >= 0.6 is 11.5 Å². The van der Waals surface area contributed by atoms with Gasteiger partial charge in [0.2, 0.25) is 5.13 Å². The van der Waals surface area contributed by atoms with E-state index in [4.69, 9.17) is 5.11 Å². The average Bonchev–Trinajstić information content (AvgIpc) is 2.62. The number of rotatable bonds is 6. The van der Waals surface area contributed by atoms with E-state index in [2.05, 4.69) is 21.6 Å². The molecule has 0 spiro atoms. The van der Waals surface area contributed by atoms with Crippen molar-refractivity contribution in [2.75, 3.05) is 5.32 Å². The minimum atomic E-state index is -0.754. The Morgan fingerprint density at radius 2 is 2.35 bits per heavy atom. The number of aromatic nitrogens is 2. The summed E-state index contributed by atoms with van der Waals surface area (Å²) >= 11 is 1.33. The van der Waals surface area contributed by atoms with E-state index in [9.17, 15) is 4.79 Å². The van der Waals surface area contributed by atoms with Crippen LogP contribution < -0.4 is 5.32 Å². The Labute approximate surface area is 104 Å². The molecule has 1 aliphatic carbocycles. The van der Waals surface area contributed by atoms with Crippen molar-refractivity contribution >= 4 is 22.6 Å². The highest BCUT2D eigenvalue weighted by atomic mass is 32.1.